The standard InChI is InChI=1S/2ClH.H3P.Pd/h2*1H;1H3;. The van der Waals surface area contributed by atoms with Crippen LogP contribution in [0.2, 0.25) is 0 Å². The summed E-state index contributed by atoms with van der Waals surface area (Å²) in [7, 11) is 0. The first kappa shape index (κ1) is 44.3. The second kappa shape index (κ2) is 22.5. The number of rotatable bonds is 0. The summed E-state index contributed by atoms with van der Waals surface area (Å²) < 4.78 is 0. The zero-order chi connectivity index (χ0) is 0. The molecule has 4 heavy (non-hydrogen) atoms. The SMILES string of the molecule is Cl.Cl.P.[Pd]. The molecule has 0 spiro atoms. The van der Waals surface area contributed by atoms with Crippen molar-refractivity contribution in [3.63, 3.8) is 0 Å². The van der Waals surface area contributed by atoms with Crippen molar-refractivity contribution in [2.75, 3.05) is 0 Å². The average molecular weight is 213 g/mol. The van der Waals surface area contributed by atoms with Crippen molar-refractivity contribution in [2.45, 2.75) is 0 Å². The van der Waals surface area contributed by atoms with Gasteiger partial charge in [0.25, 0.3) is 0 Å². The normalized spacial score (nSPS) is 0. The van der Waals surface area contributed by atoms with E-state index in [-0.39, 0.29) is 55.1 Å². The molecular weight excluding hydrogens is 208 g/mol. The zero-order valence-electron chi connectivity index (χ0n) is 1.84. The smallest absolute Gasteiger partial charge is 0 e. The number of hydrogen-bond acceptors (Lipinski definition) is 0. The monoisotopic (exact) mass is 212 g/mol. The van der Waals surface area contributed by atoms with Crippen molar-refractivity contribution in [3.8, 4) is 0 Å². The predicted molar refractivity (Wildman–Crippen MR) is 25.6 cm³/mol. The Morgan fingerprint density at radius 2 is 0.750 bits per heavy atom. The van der Waals surface area contributed by atoms with Gasteiger partial charge in [0.15, 0.2) is 0 Å². The maximum absolute atomic E-state index is 0. The van der Waals surface area contributed by atoms with E-state index >= 15 is 0 Å². The van der Waals surface area contributed by atoms with Crippen LogP contribution in [0.4, 0.5) is 0 Å². The molecule has 0 bridgehead atoms. The molecule has 0 radical (unpaired) electrons. The van der Waals surface area contributed by atoms with Gasteiger partial charge in [-0.05, 0) is 0 Å². The van der Waals surface area contributed by atoms with E-state index in [1.807, 2.05) is 0 Å². The summed E-state index contributed by atoms with van der Waals surface area (Å²) in [6.45, 7) is 0. The van der Waals surface area contributed by atoms with E-state index in [0.717, 1.165) is 0 Å². The molecule has 1 unspecified atom stereocenters. The topological polar surface area (TPSA) is 0 Å². The van der Waals surface area contributed by atoms with Crippen LogP contribution in [0, 0.1) is 0 Å². The van der Waals surface area contributed by atoms with Crippen LogP contribution in [0.1, 0.15) is 0 Å². The quantitative estimate of drug-likeness (QED) is 0.414. The van der Waals surface area contributed by atoms with E-state index in [1.54, 1.807) is 0 Å². The first-order chi connectivity index (χ1) is 0. The Morgan fingerprint density at radius 1 is 0.750 bits per heavy atom. The zero-order valence-corrected chi connectivity index (χ0v) is 6.44. The Balaban J connectivity index is 0. The van der Waals surface area contributed by atoms with Crippen molar-refractivity contribution >= 4 is 34.7 Å². The summed E-state index contributed by atoms with van der Waals surface area (Å²) in [6.07, 6.45) is 0. The molecule has 0 saturated heterocycles. The fourth-order valence-electron chi connectivity index (χ4n) is 0. The van der Waals surface area contributed by atoms with Crippen molar-refractivity contribution in [2.24, 2.45) is 0 Å². The average Bonchev–Trinajstić information content (AvgIpc) is 0. The Labute approximate surface area is 55.2 Å². The van der Waals surface area contributed by atoms with Gasteiger partial charge in [0, 0.05) is 20.4 Å². The van der Waals surface area contributed by atoms with Crippen LogP contribution in [0.5, 0.6) is 0 Å². The molecule has 0 heterocycles. The summed E-state index contributed by atoms with van der Waals surface area (Å²) >= 11 is 0. The first-order valence-corrected chi connectivity index (χ1v) is 0. The van der Waals surface area contributed by atoms with Gasteiger partial charge in [-0.1, -0.05) is 0 Å². The van der Waals surface area contributed by atoms with E-state index < -0.39 is 0 Å². The van der Waals surface area contributed by atoms with Crippen molar-refractivity contribution < 1.29 is 20.4 Å². The Bertz CT molecular complexity index is 6.00. The molecule has 0 amide bonds. The molecule has 0 aliphatic carbocycles. The minimum atomic E-state index is 0. The summed E-state index contributed by atoms with van der Waals surface area (Å²) in [5.41, 5.74) is 0. The molecule has 4 heteroatoms. The third kappa shape index (κ3) is 9.38. The molecule has 0 aliphatic heterocycles. The van der Waals surface area contributed by atoms with Crippen LogP contribution >= 0.6 is 34.7 Å². The Hall–Kier alpha value is 1.67. The molecule has 1 atom stereocenters. The molecule has 0 saturated carbocycles. The van der Waals surface area contributed by atoms with Gasteiger partial charge in [-0.2, -0.15) is 9.90 Å². The van der Waals surface area contributed by atoms with Gasteiger partial charge in [-0.3, -0.25) is 0 Å². The summed E-state index contributed by atoms with van der Waals surface area (Å²) in [5.74, 6) is 0. The van der Waals surface area contributed by atoms with Gasteiger partial charge in [-0.15, -0.1) is 24.8 Å². The number of hydrogen-bond donors (Lipinski definition) is 0. The molecular formula is H5Cl2PPd. The van der Waals surface area contributed by atoms with E-state index in [9.17, 15) is 0 Å². The second-order valence-electron chi connectivity index (χ2n) is 0. The van der Waals surface area contributed by atoms with Crippen molar-refractivity contribution in [3.05, 3.63) is 0 Å². The third-order valence-electron chi connectivity index (χ3n) is 0. The van der Waals surface area contributed by atoms with Gasteiger partial charge in [0.2, 0.25) is 0 Å². The Kier molecular flexibility index (Phi) is 249. The van der Waals surface area contributed by atoms with Crippen molar-refractivity contribution in [1.29, 1.82) is 0 Å². The van der Waals surface area contributed by atoms with Crippen LogP contribution in [-0.2, 0) is 20.4 Å². The van der Waals surface area contributed by atoms with Crippen LogP contribution in [0.15, 0.2) is 0 Å². The van der Waals surface area contributed by atoms with Gasteiger partial charge in [-0.25, -0.2) is 0 Å². The molecule has 0 fully saturated rings. The minimum absolute atomic E-state index is 0. The Morgan fingerprint density at radius 3 is 0.750 bits per heavy atom. The predicted octanol–water partition coefficient (Wildman–Crippen LogP) is 0.899. The van der Waals surface area contributed by atoms with Gasteiger partial charge < -0.3 is 0 Å². The van der Waals surface area contributed by atoms with Crippen LogP contribution in [0.3, 0.4) is 0 Å². The summed E-state index contributed by atoms with van der Waals surface area (Å²) in [5, 5.41) is 0. The van der Waals surface area contributed by atoms with E-state index in [2.05, 4.69) is 0 Å². The molecule has 0 aromatic carbocycles. The second-order valence-corrected chi connectivity index (χ2v) is 0. The molecule has 0 rings (SSSR count). The molecule has 0 aromatic rings. The fraction of sp³-hybridized carbons (Fsp3) is 0. The molecule has 34 valence electrons. The van der Waals surface area contributed by atoms with Crippen LogP contribution < -0.4 is 0 Å². The molecule has 0 aromatic heterocycles. The first-order valence-electron chi connectivity index (χ1n) is 0. The van der Waals surface area contributed by atoms with Gasteiger partial charge >= 0.3 is 0 Å². The molecule has 0 aliphatic rings. The third-order valence-corrected chi connectivity index (χ3v) is 0. The molecule has 0 nitrogen and oxygen atoms in total. The van der Waals surface area contributed by atoms with E-state index in [4.69, 9.17) is 0 Å². The van der Waals surface area contributed by atoms with Gasteiger partial charge in [0.05, 0.1) is 0 Å². The largest absolute Gasteiger partial charge is 0.153 e. The van der Waals surface area contributed by atoms with Crippen LogP contribution in [0.25, 0.3) is 0 Å². The molecule has 0 N–H and O–H groups in total. The summed E-state index contributed by atoms with van der Waals surface area (Å²) in [6, 6.07) is 0. The summed E-state index contributed by atoms with van der Waals surface area (Å²) in [4.78, 5) is 0. The maximum Gasteiger partial charge on any atom is 0 e. The fourth-order valence-corrected chi connectivity index (χ4v) is 0. The van der Waals surface area contributed by atoms with Crippen molar-refractivity contribution in [1.82, 2.24) is 0 Å². The van der Waals surface area contributed by atoms with Crippen LogP contribution in [-0.4, -0.2) is 0 Å². The van der Waals surface area contributed by atoms with E-state index in [0.29, 0.717) is 0 Å². The number of halogens is 2. The van der Waals surface area contributed by atoms with Gasteiger partial charge in [0.1, 0.15) is 0 Å². The van der Waals surface area contributed by atoms with E-state index in [1.165, 1.54) is 0 Å². The minimum Gasteiger partial charge on any atom is -0.153 e. The maximum atomic E-state index is 0.